The normalized spacial score (nSPS) is 13.5. The zero-order valence-electron chi connectivity index (χ0n) is 8.45. The third-order valence-corrected chi connectivity index (χ3v) is 3.27. The molecule has 17 heavy (non-hydrogen) atoms. The molecule has 0 aliphatic rings. The van der Waals surface area contributed by atoms with Crippen LogP contribution in [0.2, 0.25) is 5.02 Å². The molecule has 1 aromatic rings. The van der Waals surface area contributed by atoms with Crippen molar-refractivity contribution in [3.05, 3.63) is 22.8 Å². The second-order valence-electron chi connectivity index (χ2n) is 3.11. The molecule has 8 heteroatoms. The van der Waals surface area contributed by atoms with E-state index in [1.54, 1.807) is 0 Å². The van der Waals surface area contributed by atoms with Crippen molar-refractivity contribution in [3.8, 4) is 0 Å². The predicted octanol–water partition coefficient (Wildman–Crippen LogP) is 3.32. The zero-order valence-corrected chi connectivity index (χ0v) is 10.0. The fourth-order valence-corrected chi connectivity index (χ4v) is 1.91. The molecule has 0 saturated carbocycles. The second kappa shape index (κ2) is 5.14. The first kappa shape index (κ1) is 14.1. The number of nitrogens with zero attached hydrogens (tertiary/aromatic N) is 1. The molecule has 0 amide bonds. The maximum Gasteiger partial charge on any atom is 0.417 e. The van der Waals surface area contributed by atoms with Gasteiger partial charge in [-0.3, -0.25) is 4.79 Å². The van der Waals surface area contributed by atoms with E-state index in [1.807, 2.05) is 0 Å². The van der Waals surface area contributed by atoms with Gasteiger partial charge in [0.2, 0.25) is 0 Å². The Balaban J connectivity index is 2.95. The van der Waals surface area contributed by atoms with Crippen molar-refractivity contribution in [3.63, 3.8) is 0 Å². The highest BCUT2D eigenvalue weighted by molar-refractivity contribution is 8.00. The van der Waals surface area contributed by atoms with Crippen LogP contribution in [0.25, 0.3) is 0 Å². The Bertz CT molecular complexity index is 439. The molecule has 0 bridgehead atoms. The number of hydrogen-bond acceptors (Lipinski definition) is 3. The fourth-order valence-electron chi connectivity index (χ4n) is 0.885. The maximum absolute atomic E-state index is 12.3. The molecular formula is C9H7ClF3NO2S. The molecule has 1 atom stereocenters. The molecule has 1 heterocycles. The van der Waals surface area contributed by atoms with Crippen LogP contribution in [0.3, 0.4) is 0 Å². The highest BCUT2D eigenvalue weighted by Gasteiger charge is 2.31. The van der Waals surface area contributed by atoms with Gasteiger partial charge in [-0.2, -0.15) is 13.2 Å². The lowest BCUT2D eigenvalue weighted by atomic mass is 10.3. The minimum Gasteiger partial charge on any atom is -0.480 e. The Morgan fingerprint density at radius 3 is 2.59 bits per heavy atom. The van der Waals surface area contributed by atoms with Crippen LogP contribution in [0.15, 0.2) is 17.3 Å². The lowest BCUT2D eigenvalue weighted by Gasteiger charge is -2.10. The Morgan fingerprint density at radius 1 is 1.59 bits per heavy atom. The van der Waals surface area contributed by atoms with E-state index in [0.717, 1.165) is 17.8 Å². The molecular weight excluding hydrogens is 279 g/mol. The number of carboxylic acid groups (broad SMARTS) is 1. The van der Waals surface area contributed by atoms with Crippen LogP contribution in [-0.4, -0.2) is 21.3 Å². The van der Waals surface area contributed by atoms with Crippen LogP contribution in [0.1, 0.15) is 12.5 Å². The number of aromatic nitrogens is 1. The minimum absolute atomic E-state index is 0.0644. The van der Waals surface area contributed by atoms with E-state index < -0.39 is 23.0 Å². The number of thioether (sulfide) groups is 1. The van der Waals surface area contributed by atoms with Crippen molar-refractivity contribution in [1.82, 2.24) is 4.98 Å². The molecule has 0 aliphatic heterocycles. The van der Waals surface area contributed by atoms with E-state index in [1.165, 1.54) is 6.92 Å². The number of aliphatic carboxylic acids is 1. The van der Waals surface area contributed by atoms with Crippen molar-refractivity contribution in [1.29, 1.82) is 0 Å². The van der Waals surface area contributed by atoms with E-state index in [9.17, 15) is 18.0 Å². The number of hydrogen-bond donors (Lipinski definition) is 1. The summed E-state index contributed by atoms with van der Waals surface area (Å²) in [5, 5.41) is 7.66. The van der Waals surface area contributed by atoms with Gasteiger partial charge in [0.15, 0.2) is 0 Å². The molecule has 0 fully saturated rings. The summed E-state index contributed by atoms with van der Waals surface area (Å²) in [4.78, 5) is 14.1. The first-order chi connectivity index (χ1) is 7.71. The number of carboxylic acids is 1. The van der Waals surface area contributed by atoms with E-state index in [0.29, 0.717) is 6.20 Å². The molecule has 94 valence electrons. The molecule has 0 radical (unpaired) electrons. The van der Waals surface area contributed by atoms with Gasteiger partial charge in [0, 0.05) is 6.20 Å². The summed E-state index contributed by atoms with van der Waals surface area (Å²) < 4.78 is 36.9. The zero-order chi connectivity index (χ0) is 13.2. The lowest BCUT2D eigenvalue weighted by Crippen LogP contribution is -2.12. The number of carbonyl (C=O) groups is 1. The standard InChI is InChI=1S/C9H7ClF3NO2S/c1-4(8(15)16)17-7-6(10)2-5(3-14-7)9(11,12)13/h2-4H,1H3,(H,15,16). The van der Waals surface area contributed by atoms with Crippen LogP contribution in [0.5, 0.6) is 0 Å². The second-order valence-corrected chi connectivity index (χ2v) is 4.84. The van der Waals surface area contributed by atoms with Crippen LogP contribution in [-0.2, 0) is 11.0 Å². The van der Waals surface area contributed by atoms with Crippen LogP contribution < -0.4 is 0 Å². The highest BCUT2D eigenvalue weighted by atomic mass is 35.5. The predicted molar refractivity (Wildman–Crippen MR) is 57.2 cm³/mol. The Labute approximate surface area is 104 Å². The molecule has 1 rings (SSSR count). The molecule has 1 unspecified atom stereocenters. The van der Waals surface area contributed by atoms with Gasteiger partial charge in [-0.1, -0.05) is 23.4 Å². The molecule has 1 N–H and O–H groups in total. The van der Waals surface area contributed by atoms with Gasteiger partial charge in [-0.25, -0.2) is 4.98 Å². The number of alkyl halides is 3. The Hall–Kier alpha value is -0.950. The van der Waals surface area contributed by atoms with Gasteiger partial charge >= 0.3 is 12.1 Å². The molecule has 3 nitrogen and oxygen atoms in total. The van der Waals surface area contributed by atoms with Crippen LogP contribution >= 0.6 is 23.4 Å². The van der Waals surface area contributed by atoms with Crippen molar-refractivity contribution in [2.24, 2.45) is 0 Å². The summed E-state index contributed by atoms with van der Waals surface area (Å²) in [6.45, 7) is 1.39. The summed E-state index contributed by atoms with van der Waals surface area (Å²) in [5.74, 6) is -1.09. The highest BCUT2D eigenvalue weighted by Crippen LogP contribution is 2.34. The summed E-state index contributed by atoms with van der Waals surface area (Å²) in [6, 6.07) is 0.728. The van der Waals surface area contributed by atoms with E-state index in [-0.39, 0.29) is 10.0 Å². The van der Waals surface area contributed by atoms with Gasteiger partial charge in [0.1, 0.15) is 10.3 Å². The maximum atomic E-state index is 12.3. The molecule has 0 aromatic carbocycles. The number of rotatable bonds is 3. The monoisotopic (exact) mass is 285 g/mol. The minimum atomic E-state index is -4.52. The first-order valence-corrected chi connectivity index (χ1v) is 5.59. The third kappa shape index (κ3) is 3.78. The quantitative estimate of drug-likeness (QED) is 0.866. The largest absolute Gasteiger partial charge is 0.480 e. The van der Waals surface area contributed by atoms with Gasteiger partial charge in [-0.15, -0.1) is 0 Å². The molecule has 0 aliphatic carbocycles. The van der Waals surface area contributed by atoms with Crippen molar-refractivity contribution in [2.75, 3.05) is 0 Å². The van der Waals surface area contributed by atoms with E-state index >= 15 is 0 Å². The van der Waals surface area contributed by atoms with Crippen molar-refractivity contribution >= 4 is 29.3 Å². The van der Waals surface area contributed by atoms with Crippen molar-refractivity contribution in [2.45, 2.75) is 23.4 Å². The molecule has 0 spiro atoms. The summed E-state index contributed by atoms with van der Waals surface area (Å²) >= 11 is 6.40. The average molecular weight is 286 g/mol. The van der Waals surface area contributed by atoms with Gasteiger partial charge < -0.3 is 5.11 Å². The Morgan fingerprint density at radius 2 is 2.18 bits per heavy atom. The van der Waals surface area contributed by atoms with Crippen LogP contribution in [0, 0.1) is 0 Å². The van der Waals surface area contributed by atoms with E-state index in [4.69, 9.17) is 16.7 Å². The summed E-state index contributed by atoms with van der Waals surface area (Å²) in [5.41, 5.74) is -0.963. The smallest absolute Gasteiger partial charge is 0.417 e. The van der Waals surface area contributed by atoms with E-state index in [2.05, 4.69) is 4.98 Å². The van der Waals surface area contributed by atoms with Crippen molar-refractivity contribution < 1.29 is 23.1 Å². The molecule has 1 aromatic heterocycles. The first-order valence-electron chi connectivity index (χ1n) is 4.34. The third-order valence-electron chi connectivity index (χ3n) is 1.77. The summed E-state index contributed by atoms with van der Waals surface area (Å²) in [6.07, 6.45) is -3.89. The Kier molecular flexibility index (Phi) is 4.26. The SMILES string of the molecule is CC(Sc1ncc(C(F)(F)F)cc1Cl)C(=O)O. The van der Waals surface area contributed by atoms with Crippen LogP contribution in [0.4, 0.5) is 13.2 Å². The lowest BCUT2D eigenvalue weighted by molar-refractivity contribution is -0.138. The van der Waals surface area contributed by atoms with Gasteiger partial charge in [-0.05, 0) is 13.0 Å². The van der Waals surface area contributed by atoms with Gasteiger partial charge in [0.05, 0.1) is 10.6 Å². The fraction of sp³-hybridized carbons (Fsp3) is 0.333. The number of halogens is 4. The average Bonchev–Trinajstić information content (AvgIpc) is 2.19. The van der Waals surface area contributed by atoms with Gasteiger partial charge in [0.25, 0.3) is 0 Å². The molecule has 0 saturated heterocycles. The summed E-state index contributed by atoms with van der Waals surface area (Å²) in [7, 11) is 0. The number of pyridine rings is 1. The topological polar surface area (TPSA) is 50.2 Å².